The van der Waals surface area contributed by atoms with Gasteiger partial charge in [-0.1, -0.05) is 36.4 Å². The fourth-order valence-electron chi connectivity index (χ4n) is 5.10. The van der Waals surface area contributed by atoms with Gasteiger partial charge in [-0.3, -0.25) is 9.59 Å². The predicted octanol–water partition coefficient (Wildman–Crippen LogP) is 6.01. The van der Waals surface area contributed by atoms with Crippen molar-refractivity contribution in [3.05, 3.63) is 89.5 Å². The summed E-state index contributed by atoms with van der Waals surface area (Å²) >= 11 is 0. The summed E-state index contributed by atoms with van der Waals surface area (Å²) in [7, 11) is 0. The number of aromatic carboxylic acids is 1. The van der Waals surface area contributed by atoms with E-state index in [9.17, 15) is 24.6 Å². The maximum absolute atomic E-state index is 13.1. The number of benzene rings is 3. The highest BCUT2D eigenvalue weighted by atomic mass is 16.5. The molecule has 1 saturated carbocycles. The van der Waals surface area contributed by atoms with Gasteiger partial charge in [-0.15, -0.1) is 0 Å². The van der Waals surface area contributed by atoms with Crippen molar-refractivity contribution in [1.82, 2.24) is 5.32 Å². The van der Waals surface area contributed by atoms with Gasteiger partial charge in [-0.25, -0.2) is 4.79 Å². The molecule has 3 aromatic rings. The van der Waals surface area contributed by atoms with Gasteiger partial charge in [0.2, 0.25) is 0 Å². The number of carboxylic acid groups (broad SMARTS) is 2. The summed E-state index contributed by atoms with van der Waals surface area (Å²) in [6.45, 7) is 1.53. The minimum Gasteiger partial charge on any atom is -0.494 e. The number of carbonyl (C=O) groups excluding carboxylic acids is 1. The molecule has 0 heterocycles. The van der Waals surface area contributed by atoms with E-state index in [1.54, 1.807) is 0 Å². The zero-order valence-electron chi connectivity index (χ0n) is 24.2. The lowest BCUT2D eigenvalue weighted by atomic mass is 9.86. The molecule has 0 atom stereocenters. The first-order valence-corrected chi connectivity index (χ1v) is 14.8. The number of unbranched alkanes of at least 4 members (excludes halogenated alkanes) is 1. The topological polar surface area (TPSA) is 131 Å². The van der Waals surface area contributed by atoms with Gasteiger partial charge in [-0.05, 0) is 93.3 Å². The fourth-order valence-corrected chi connectivity index (χ4v) is 5.10. The Labute approximate surface area is 251 Å². The van der Waals surface area contributed by atoms with Crippen LogP contribution >= 0.6 is 0 Å². The van der Waals surface area contributed by atoms with Crippen LogP contribution in [0.5, 0.6) is 17.2 Å². The smallest absolute Gasteiger partial charge is 0.335 e. The Balaban J connectivity index is 1.25. The Hall–Kier alpha value is -4.53. The second-order valence-corrected chi connectivity index (χ2v) is 10.7. The third-order valence-electron chi connectivity index (χ3n) is 7.51. The van der Waals surface area contributed by atoms with Gasteiger partial charge >= 0.3 is 11.9 Å². The zero-order chi connectivity index (χ0) is 30.4. The predicted molar refractivity (Wildman–Crippen MR) is 161 cm³/mol. The van der Waals surface area contributed by atoms with Gasteiger partial charge in [-0.2, -0.15) is 0 Å². The lowest BCUT2D eigenvalue weighted by Crippen LogP contribution is -2.39. The maximum atomic E-state index is 13.1. The summed E-state index contributed by atoms with van der Waals surface area (Å²) < 4.78 is 17.7. The van der Waals surface area contributed by atoms with E-state index in [1.165, 1.54) is 18.2 Å². The van der Waals surface area contributed by atoms with Crippen LogP contribution in [0.25, 0.3) is 0 Å². The monoisotopic (exact) mass is 589 g/mol. The number of hydrogen-bond donors (Lipinski definition) is 3. The van der Waals surface area contributed by atoms with Crippen molar-refractivity contribution >= 4 is 17.8 Å². The van der Waals surface area contributed by atoms with E-state index in [0.29, 0.717) is 64.1 Å². The molecule has 0 saturated heterocycles. The van der Waals surface area contributed by atoms with Crippen LogP contribution < -0.4 is 19.5 Å². The van der Waals surface area contributed by atoms with Crippen molar-refractivity contribution in [2.24, 2.45) is 5.92 Å². The molecule has 1 fully saturated rings. The minimum absolute atomic E-state index is 0.00945. The van der Waals surface area contributed by atoms with Crippen molar-refractivity contribution in [3.63, 3.8) is 0 Å². The summed E-state index contributed by atoms with van der Waals surface area (Å²) in [6, 6.07) is 21.7. The Morgan fingerprint density at radius 2 is 1.37 bits per heavy atom. The average molecular weight is 590 g/mol. The van der Waals surface area contributed by atoms with Crippen LogP contribution in [0.2, 0.25) is 0 Å². The first kappa shape index (κ1) is 31.4. The molecule has 9 heteroatoms. The lowest BCUT2D eigenvalue weighted by molar-refractivity contribution is -0.142. The molecule has 4 rings (SSSR count). The molecule has 1 amide bonds. The Kier molecular flexibility index (Phi) is 11.8. The Bertz CT molecular complexity index is 1350. The lowest BCUT2D eigenvalue weighted by Gasteiger charge is -2.27. The van der Waals surface area contributed by atoms with E-state index in [4.69, 9.17) is 14.2 Å². The number of ether oxygens (including phenoxy) is 3. The first-order valence-electron chi connectivity index (χ1n) is 14.8. The van der Waals surface area contributed by atoms with Gasteiger partial charge in [0.05, 0.1) is 36.9 Å². The highest BCUT2D eigenvalue weighted by Gasteiger charge is 2.27. The molecule has 1 aliphatic rings. The summed E-state index contributed by atoms with van der Waals surface area (Å²) in [4.78, 5) is 35.9. The molecule has 9 nitrogen and oxygen atoms in total. The number of aliphatic carboxylic acids is 1. The van der Waals surface area contributed by atoms with E-state index < -0.39 is 23.8 Å². The molecule has 43 heavy (non-hydrogen) atoms. The maximum Gasteiger partial charge on any atom is 0.335 e. The number of rotatable bonds is 16. The van der Waals surface area contributed by atoms with Crippen LogP contribution in [0.3, 0.4) is 0 Å². The quantitative estimate of drug-likeness (QED) is 0.173. The van der Waals surface area contributed by atoms with Crippen LogP contribution in [-0.2, 0) is 11.2 Å². The number of hydrogen-bond acceptors (Lipinski definition) is 6. The van der Waals surface area contributed by atoms with Crippen molar-refractivity contribution in [2.75, 3.05) is 19.8 Å². The third-order valence-corrected chi connectivity index (χ3v) is 7.51. The molecule has 0 bridgehead atoms. The number of aryl methyl sites for hydroxylation is 1. The van der Waals surface area contributed by atoms with Crippen LogP contribution in [0, 0.1) is 5.92 Å². The second-order valence-electron chi connectivity index (χ2n) is 10.7. The number of amides is 1. The van der Waals surface area contributed by atoms with Gasteiger partial charge in [0, 0.05) is 6.04 Å². The normalized spacial score (nSPS) is 16.2. The molecule has 228 valence electrons. The van der Waals surface area contributed by atoms with E-state index in [2.05, 4.69) is 5.32 Å². The molecule has 0 unspecified atom stereocenters. The molecule has 3 aromatic carbocycles. The standard InChI is InChI=1S/C34H39NO8/c36-32(35-27-17-14-25(15-18-27)33(37)38)29-23-26(34(39)40)16-19-31(29)43-22-8-10-24-9-4-5-13-30(24)42-21-7-6-20-41-28-11-2-1-3-12-28/h1-5,9,11-13,16,19,23,25,27H,6-8,10,14-15,17-18,20-22H2,(H,35,36)(H,37,38)(H,39,40). The largest absolute Gasteiger partial charge is 0.494 e. The molecular weight excluding hydrogens is 550 g/mol. The average Bonchev–Trinajstić information content (AvgIpc) is 3.02. The summed E-state index contributed by atoms with van der Waals surface area (Å²) in [6.07, 6.45) is 5.20. The van der Waals surface area contributed by atoms with Gasteiger partial charge in [0.1, 0.15) is 17.2 Å². The SMILES string of the molecule is O=C(O)c1ccc(OCCCc2ccccc2OCCCCOc2ccccc2)c(C(=O)NC2CCC(C(=O)O)CC2)c1. The van der Waals surface area contributed by atoms with Gasteiger partial charge in [0.25, 0.3) is 5.91 Å². The minimum atomic E-state index is -1.14. The first-order chi connectivity index (χ1) is 20.9. The second kappa shape index (κ2) is 16.2. The van der Waals surface area contributed by atoms with Crippen LogP contribution in [0.15, 0.2) is 72.8 Å². The highest BCUT2D eigenvalue weighted by molar-refractivity contribution is 6.00. The van der Waals surface area contributed by atoms with E-state index >= 15 is 0 Å². The van der Waals surface area contributed by atoms with Crippen molar-refractivity contribution < 1.29 is 38.8 Å². The zero-order valence-corrected chi connectivity index (χ0v) is 24.2. The third kappa shape index (κ3) is 9.77. The molecule has 3 N–H and O–H groups in total. The van der Waals surface area contributed by atoms with E-state index in [-0.39, 0.29) is 17.2 Å². The molecule has 0 spiro atoms. The van der Waals surface area contributed by atoms with Gasteiger partial charge in [0.15, 0.2) is 0 Å². The number of carboxylic acids is 2. The van der Waals surface area contributed by atoms with E-state index in [1.807, 2.05) is 54.6 Å². The highest BCUT2D eigenvalue weighted by Crippen LogP contribution is 2.27. The molecule has 0 radical (unpaired) electrons. The molecule has 0 aliphatic heterocycles. The van der Waals surface area contributed by atoms with Crippen LogP contribution in [0.1, 0.15) is 71.2 Å². The van der Waals surface area contributed by atoms with Crippen molar-refractivity contribution in [3.8, 4) is 17.2 Å². The van der Waals surface area contributed by atoms with E-state index in [0.717, 1.165) is 29.9 Å². The Morgan fingerprint density at radius 3 is 2.09 bits per heavy atom. The number of para-hydroxylation sites is 2. The molecular formula is C34H39NO8. The molecule has 0 aromatic heterocycles. The summed E-state index contributed by atoms with van der Waals surface area (Å²) in [5.74, 6) is -0.765. The summed E-state index contributed by atoms with van der Waals surface area (Å²) in [5.41, 5.74) is 1.20. The number of nitrogens with one attached hydrogen (secondary N) is 1. The van der Waals surface area contributed by atoms with Gasteiger partial charge < -0.3 is 29.7 Å². The summed E-state index contributed by atoms with van der Waals surface area (Å²) in [5, 5.41) is 21.6. The Morgan fingerprint density at radius 1 is 0.721 bits per heavy atom. The fraction of sp³-hybridized carbons (Fsp3) is 0.382. The van der Waals surface area contributed by atoms with Crippen molar-refractivity contribution in [2.45, 2.75) is 57.4 Å². The van der Waals surface area contributed by atoms with Crippen LogP contribution in [-0.4, -0.2) is 53.9 Å². The van der Waals surface area contributed by atoms with Crippen molar-refractivity contribution in [1.29, 1.82) is 0 Å². The number of carbonyl (C=O) groups is 3. The molecule has 1 aliphatic carbocycles. The van der Waals surface area contributed by atoms with Crippen LogP contribution in [0.4, 0.5) is 0 Å².